The molecule has 0 aliphatic carbocycles. The van der Waals surface area contributed by atoms with Gasteiger partial charge in [-0.25, -0.2) is 0 Å². The molecule has 0 spiro atoms. The Morgan fingerprint density at radius 2 is 1.67 bits per heavy atom. The van der Waals surface area contributed by atoms with Crippen molar-refractivity contribution in [3.8, 4) is 0 Å². The molecular formula is C11H11NO3. The van der Waals surface area contributed by atoms with Crippen LogP contribution in [0.5, 0.6) is 0 Å². The number of nitro benzene ring substituents is 1. The summed E-state index contributed by atoms with van der Waals surface area (Å²) in [7, 11) is 1.00. The van der Waals surface area contributed by atoms with Crippen LogP contribution >= 0.6 is 0 Å². The topological polar surface area (TPSA) is 63.4 Å². The Morgan fingerprint density at radius 3 is 2.27 bits per heavy atom. The molecule has 0 radical (unpaired) electrons. The van der Waals surface area contributed by atoms with Crippen molar-refractivity contribution < 1.29 is 10.0 Å². The number of nitro groups is 1. The third-order valence-corrected chi connectivity index (χ3v) is 1.94. The molecule has 0 aliphatic heterocycles. The second-order valence-corrected chi connectivity index (χ2v) is 2.79. The van der Waals surface area contributed by atoms with Crippen molar-refractivity contribution in [1.82, 2.24) is 0 Å². The molecule has 0 unspecified atom stereocenters. The molecular weight excluding hydrogens is 194 g/mol. The lowest BCUT2D eigenvalue weighted by Gasteiger charge is -1.95. The van der Waals surface area contributed by atoms with Crippen molar-refractivity contribution in [2.45, 2.75) is 0 Å². The van der Waals surface area contributed by atoms with Gasteiger partial charge in [-0.05, 0) is 16.8 Å². The molecule has 0 saturated heterocycles. The van der Waals surface area contributed by atoms with Gasteiger partial charge in [-0.1, -0.05) is 24.3 Å². The lowest BCUT2D eigenvalue weighted by molar-refractivity contribution is -0.384. The summed E-state index contributed by atoms with van der Waals surface area (Å²) < 4.78 is 0. The molecule has 0 aromatic heterocycles. The highest BCUT2D eigenvalue weighted by molar-refractivity contribution is 5.84. The number of rotatable bonds is 1. The Bertz CT molecular complexity index is 468. The normalized spacial score (nSPS) is 9.20. The molecule has 0 saturated carbocycles. The molecule has 4 nitrogen and oxygen atoms in total. The molecule has 0 bridgehead atoms. The smallest absolute Gasteiger partial charge is 0.270 e. The average Bonchev–Trinajstić information content (AvgIpc) is 2.31. The Morgan fingerprint density at radius 1 is 1.07 bits per heavy atom. The first kappa shape index (κ1) is 11.1. The highest BCUT2D eigenvalue weighted by atomic mass is 16.6. The van der Waals surface area contributed by atoms with Crippen molar-refractivity contribution >= 4 is 16.5 Å². The number of hydrogen-bond acceptors (Lipinski definition) is 3. The van der Waals surface area contributed by atoms with E-state index in [1.165, 1.54) is 6.07 Å². The number of non-ortho nitro benzene ring substituents is 1. The zero-order chi connectivity index (χ0) is 11.3. The number of fused-ring (bicyclic) bond motifs is 1. The second-order valence-electron chi connectivity index (χ2n) is 2.79. The maximum atomic E-state index is 10.5. The molecule has 2 aromatic rings. The average molecular weight is 205 g/mol. The van der Waals surface area contributed by atoms with Crippen molar-refractivity contribution in [3.05, 3.63) is 52.6 Å². The van der Waals surface area contributed by atoms with Crippen LogP contribution in [0.2, 0.25) is 0 Å². The molecule has 4 heteroatoms. The number of aliphatic hydroxyl groups is 1. The standard InChI is InChI=1S/C10H7NO2.CH4O/c12-11(13)10-6-5-8-3-1-2-4-9(8)7-10;1-2/h1-7H;2H,1H3. The van der Waals surface area contributed by atoms with E-state index in [9.17, 15) is 10.1 Å². The van der Waals surface area contributed by atoms with Crippen molar-refractivity contribution in [2.75, 3.05) is 7.11 Å². The third-order valence-electron chi connectivity index (χ3n) is 1.94. The van der Waals surface area contributed by atoms with Gasteiger partial charge < -0.3 is 5.11 Å². The SMILES string of the molecule is CO.O=[N+]([O-])c1ccc2ccccc2c1. The molecule has 0 amide bonds. The summed E-state index contributed by atoms with van der Waals surface area (Å²) in [5.41, 5.74) is 0.138. The minimum absolute atomic E-state index is 0.138. The summed E-state index contributed by atoms with van der Waals surface area (Å²) >= 11 is 0. The van der Waals surface area contributed by atoms with E-state index in [1.807, 2.05) is 24.3 Å². The highest BCUT2D eigenvalue weighted by Gasteiger charge is 2.04. The van der Waals surface area contributed by atoms with Crippen molar-refractivity contribution in [3.63, 3.8) is 0 Å². The zero-order valence-electron chi connectivity index (χ0n) is 8.25. The third kappa shape index (κ3) is 2.51. The number of aliphatic hydroxyl groups excluding tert-OH is 1. The first-order valence-corrected chi connectivity index (χ1v) is 4.35. The Kier molecular flexibility index (Phi) is 3.76. The van der Waals surface area contributed by atoms with Gasteiger partial charge in [-0.15, -0.1) is 0 Å². The highest BCUT2D eigenvalue weighted by Crippen LogP contribution is 2.19. The Labute approximate surface area is 86.9 Å². The largest absolute Gasteiger partial charge is 0.400 e. The minimum Gasteiger partial charge on any atom is -0.400 e. The fraction of sp³-hybridized carbons (Fsp3) is 0.0909. The van der Waals surface area contributed by atoms with E-state index < -0.39 is 0 Å². The predicted octanol–water partition coefficient (Wildman–Crippen LogP) is 2.36. The summed E-state index contributed by atoms with van der Waals surface area (Å²) in [6, 6.07) is 12.4. The van der Waals surface area contributed by atoms with Gasteiger partial charge in [-0.2, -0.15) is 0 Å². The number of nitrogens with zero attached hydrogens (tertiary/aromatic N) is 1. The molecule has 0 fully saturated rings. The zero-order valence-corrected chi connectivity index (χ0v) is 8.25. The van der Waals surface area contributed by atoms with E-state index >= 15 is 0 Å². The quantitative estimate of drug-likeness (QED) is 0.574. The van der Waals surface area contributed by atoms with Crippen LogP contribution in [0, 0.1) is 10.1 Å². The number of benzene rings is 2. The van der Waals surface area contributed by atoms with Gasteiger partial charge >= 0.3 is 0 Å². The second kappa shape index (κ2) is 5.07. The monoisotopic (exact) mass is 205 g/mol. The molecule has 78 valence electrons. The number of hydrogen-bond donors (Lipinski definition) is 1. The van der Waals surface area contributed by atoms with Gasteiger partial charge in [-0.3, -0.25) is 10.1 Å². The van der Waals surface area contributed by atoms with E-state index in [0.29, 0.717) is 0 Å². The van der Waals surface area contributed by atoms with Crippen LogP contribution in [-0.4, -0.2) is 17.1 Å². The van der Waals surface area contributed by atoms with Crippen LogP contribution in [0.25, 0.3) is 10.8 Å². The van der Waals surface area contributed by atoms with Gasteiger partial charge in [0.25, 0.3) is 5.69 Å². The van der Waals surface area contributed by atoms with E-state index in [-0.39, 0.29) is 10.6 Å². The molecule has 0 atom stereocenters. The van der Waals surface area contributed by atoms with Crippen LogP contribution in [0.15, 0.2) is 42.5 Å². The molecule has 1 N–H and O–H groups in total. The van der Waals surface area contributed by atoms with Gasteiger partial charge in [0.1, 0.15) is 0 Å². The van der Waals surface area contributed by atoms with E-state index in [1.54, 1.807) is 12.1 Å². The summed E-state index contributed by atoms with van der Waals surface area (Å²) in [5.74, 6) is 0. The van der Waals surface area contributed by atoms with Crippen molar-refractivity contribution in [1.29, 1.82) is 0 Å². The summed E-state index contributed by atoms with van der Waals surface area (Å²) in [6.45, 7) is 0. The molecule has 15 heavy (non-hydrogen) atoms. The van der Waals surface area contributed by atoms with Gasteiger partial charge in [0.2, 0.25) is 0 Å². The maximum absolute atomic E-state index is 10.5. The van der Waals surface area contributed by atoms with Crippen LogP contribution in [0.4, 0.5) is 5.69 Å². The lowest BCUT2D eigenvalue weighted by atomic mass is 10.1. The lowest BCUT2D eigenvalue weighted by Crippen LogP contribution is -1.86. The summed E-state index contributed by atoms with van der Waals surface area (Å²) in [5, 5.41) is 19.4. The predicted molar refractivity (Wildman–Crippen MR) is 58.7 cm³/mol. The van der Waals surface area contributed by atoms with Crippen LogP contribution in [0.1, 0.15) is 0 Å². The van der Waals surface area contributed by atoms with E-state index in [0.717, 1.165) is 17.9 Å². The fourth-order valence-corrected chi connectivity index (χ4v) is 1.29. The van der Waals surface area contributed by atoms with Crippen molar-refractivity contribution in [2.24, 2.45) is 0 Å². The van der Waals surface area contributed by atoms with Crippen LogP contribution in [0.3, 0.4) is 0 Å². The van der Waals surface area contributed by atoms with Gasteiger partial charge in [0, 0.05) is 19.2 Å². The van der Waals surface area contributed by atoms with Gasteiger partial charge in [0.05, 0.1) is 4.92 Å². The summed E-state index contributed by atoms with van der Waals surface area (Å²) in [4.78, 5) is 10.1. The first-order valence-electron chi connectivity index (χ1n) is 4.35. The van der Waals surface area contributed by atoms with E-state index in [4.69, 9.17) is 5.11 Å². The molecule has 2 rings (SSSR count). The molecule has 0 aliphatic rings. The maximum Gasteiger partial charge on any atom is 0.270 e. The molecule has 2 aromatic carbocycles. The Balaban J connectivity index is 0.000000531. The van der Waals surface area contributed by atoms with E-state index in [2.05, 4.69) is 0 Å². The fourth-order valence-electron chi connectivity index (χ4n) is 1.29. The Hall–Kier alpha value is -1.94. The first-order chi connectivity index (χ1) is 7.27. The summed E-state index contributed by atoms with van der Waals surface area (Å²) in [6.07, 6.45) is 0. The molecule has 0 heterocycles. The van der Waals surface area contributed by atoms with Gasteiger partial charge in [0.15, 0.2) is 0 Å². The minimum atomic E-state index is -0.382. The van der Waals surface area contributed by atoms with Crippen LogP contribution in [-0.2, 0) is 0 Å². The van der Waals surface area contributed by atoms with Crippen LogP contribution < -0.4 is 0 Å².